The molecule has 0 aliphatic rings. The quantitative estimate of drug-likeness (QED) is 0.0205. The Bertz CT molecular complexity index is 1570. The van der Waals surface area contributed by atoms with Crippen LogP contribution in [0.5, 0.6) is 0 Å². The minimum atomic E-state index is -4.47. The molecular formula is C60H104N2O7P+. The second-order valence-corrected chi connectivity index (χ2v) is 20.8. The highest BCUT2D eigenvalue weighted by atomic mass is 31.2. The van der Waals surface area contributed by atoms with Gasteiger partial charge in [-0.3, -0.25) is 18.6 Å². The maximum Gasteiger partial charge on any atom is 0.472 e. The maximum atomic E-state index is 13.5. The minimum Gasteiger partial charge on any atom is -0.456 e. The highest BCUT2D eigenvalue weighted by Gasteiger charge is 2.30. The van der Waals surface area contributed by atoms with Gasteiger partial charge in [0, 0.05) is 12.8 Å². The smallest absolute Gasteiger partial charge is 0.456 e. The standard InChI is InChI=1S/C60H103N2O7P/c1-7-10-13-16-19-22-25-27-29-30-31-32-33-35-38-41-44-47-50-53-60(64)69-58(51-48-45-42-39-36-24-21-18-15-12-9-3)57(56-68-70(65,66)67-55-54-62(4,5)6)61-59(63)52-49-46-43-40-37-34-28-26-23-20-17-14-11-8-2/h10-11,13-14,19-20,22-23,27,29,31-32,35,38,44,47-48,51,57-58H,7-9,12,15-18,21,24-26,28,30,33-34,36-37,39-43,45-46,49-50,52-56H2,1-6H3,(H-,61,63,65,66)/p+1/b13-10-,14-11+,22-19-,23-20+,29-27-,32-31-,38-35-,47-44-,51-48+. The molecule has 9 nitrogen and oxygen atoms in total. The van der Waals surface area contributed by atoms with Crippen molar-refractivity contribution in [1.29, 1.82) is 0 Å². The number of phosphoric ester groups is 1. The summed E-state index contributed by atoms with van der Waals surface area (Å²) in [5.74, 6) is -0.623. The van der Waals surface area contributed by atoms with E-state index in [1.165, 1.54) is 64.2 Å². The van der Waals surface area contributed by atoms with Gasteiger partial charge >= 0.3 is 13.8 Å². The molecule has 0 aliphatic carbocycles. The summed E-state index contributed by atoms with van der Waals surface area (Å²) < 4.78 is 30.5. The van der Waals surface area contributed by atoms with Crippen molar-refractivity contribution >= 4 is 19.7 Å². The van der Waals surface area contributed by atoms with Crippen LogP contribution in [0.15, 0.2) is 109 Å². The second-order valence-electron chi connectivity index (χ2n) is 19.3. The molecule has 400 valence electrons. The molecule has 10 heteroatoms. The van der Waals surface area contributed by atoms with Crippen LogP contribution in [0.1, 0.15) is 207 Å². The molecule has 0 saturated heterocycles. The lowest BCUT2D eigenvalue weighted by Gasteiger charge is -2.27. The molecule has 0 heterocycles. The predicted octanol–water partition coefficient (Wildman–Crippen LogP) is 16.6. The zero-order valence-corrected chi connectivity index (χ0v) is 46.4. The first-order valence-electron chi connectivity index (χ1n) is 27.7. The number of hydrogen-bond donors (Lipinski definition) is 2. The van der Waals surface area contributed by atoms with Crippen LogP contribution in [0.3, 0.4) is 0 Å². The Morgan fingerprint density at radius 1 is 0.514 bits per heavy atom. The minimum absolute atomic E-state index is 0.0218. The summed E-state index contributed by atoms with van der Waals surface area (Å²) in [5.41, 5.74) is 0. The lowest BCUT2D eigenvalue weighted by atomic mass is 10.1. The molecule has 0 aromatic carbocycles. The first kappa shape index (κ1) is 66.7. The highest BCUT2D eigenvalue weighted by Crippen LogP contribution is 2.43. The SMILES string of the molecule is CC/C=C\C/C=C\C/C=C\C/C=C\C/C=C\C/C=C\CCC(=O)OC(/C=C/CCCCCCCCCCC)C(COP(=O)(O)OCC[N+](C)(C)C)NC(=O)CCCCCCCCC/C=C/C/C=C/CC. The van der Waals surface area contributed by atoms with Crippen LogP contribution < -0.4 is 5.32 Å². The van der Waals surface area contributed by atoms with E-state index < -0.39 is 25.9 Å². The van der Waals surface area contributed by atoms with E-state index in [4.69, 9.17) is 13.8 Å². The third-order valence-corrected chi connectivity index (χ3v) is 12.5. The number of phosphoric acid groups is 1. The number of esters is 1. The number of allylic oxidation sites excluding steroid dienone is 17. The van der Waals surface area contributed by atoms with Gasteiger partial charge in [0.1, 0.15) is 19.3 Å². The second kappa shape index (κ2) is 49.3. The first-order valence-corrected chi connectivity index (χ1v) is 29.2. The Morgan fingerprint density at radius 3 is 1.40 bits per heavy atom. The Labute approximate surface area is 430 Å². The summed E-state index contributed by atoms with van der Waals surface area (Å²) in [7, 11) is 1.43. The van der Waals surface area contributed by atoms with Crippen LogP contribution in [0.25, 0.3) is 0 Å². The van der Waals surface area contributed by atoms with Crippen molar-refractivity contribution < 1.29 is 37.3 Å². The van der Waals surface area contributed by atoms with Gasteiger partial charge in [0.15, 0.2) is 0 Å². The van der Waals surface area contributed by atoms with Gasteiger partial charge in [-0.15, -0.1) is 0 Å². The number of unbranched alkanes of at least 4 members (excludes halogenated alkanes) is 16. The average molecular weight is 996 g/mol. The molecule has 0 bridgehead atoms. The Morgan fingerprint density at radius 2 is 0.929 bits per heavy atom. The number of carbonyl (C=O) groups excluding carboxylic acids is 2. The molecule has 0 saturated carbocycles. The van der Waals surface area contributed by atoms with Gasteiger partial charge in [0.2, 0.25) is 5.91 Å². The van der Waals surface area contributed by atoms with E-state index >= 15 is 0 Å². The van der Waals surface area contributed by atoms with Crippen molar-refractivity contribution in [1.82, 2.24) is 5.32 Å². The van der Waals surface area contributed by atoms with E-state index in [0.29, 0.717) is 23.9 Å². The topological polar surface area (TPSA) is 111 Å². The molecule has 1 amide bonds. The van der Waals surface area contributed by atoms with E-state index in [9.17, 15) is 19.0 Å². The summed E-state index contributed by atoms with van der Waals surface area (Å²) in [6.45, 7) is 6.70. The van der Waals surface area contributed by atoms with Crippen molar-refractivity contribution in [2.24, 2.45) is 0 Å². The van der Waals surface area contributed by atoms with Gasteiger partial charge in [-0.1, -0.05) is 208 Å². The molecule has 0 radical (unpaired) electrons. The average Bonchev–Trinajstić information content (AvgIpc) is 3.32. The number of nitrogens with one attached hydrogen (secondary N) is 1. The van der Waals surface area contributed by atoms with Crippen molar-refractivity contribution in [3.63, 3.8) is 0 Å². The van der Waals surface area contributed by atoms with Crippen molar-refractivity contribution in [3.8, 4) is 0 Å². The highest BCUT2D eigenvalue weighted by molar-refractivity contribution is 7.47. The van der Waals surface area contributed by atoms with Gasteiger partial charge in [0.05, 0.1) is 33.8 Å². The largest absolute Gasteiger partial charge is 0.472 e. The molecule has 3 unspecified atom stereocenters. The number of ether oxygens (including phenoxy) is 1. The lowest BCUT2D eigenvalue weighted by molar-refractivity contribution is -0.870. The van der Waals surface area contributed by atoms with Crippen LogP contribution >= 0.6 is 7.82 Å². The molecule has 3 atom stereocenters. The number of carbonyl (C=O) groups is 2. The van der Waals surface area contributed by atoms with Crippen LogP contribution in [0.4, 0.5) is 0 Å². The number of hydrogen-bond acceptors (Lipinski definition) is 6. The maximum absolute atomic E-state index is 13.5. The number of rotatable bonds is 48. The van der Waals surface area contributed by atoms with Crippen LogP contribution in [-0.2, 0) is 27.9 Å². The number of amides is 1. The fraction of sp³-hybridized carbons (Fsp3) is 0.667. The molecule has 0 rings (SSSR count). The summed E-state index contributed by atoms with van der Waals surface area (Å²) in [5, 5.41) is 3.01. The zero-order valence-electron chi connectivity index (χ0n) is 45.5. The molecule has 0 aromatic rings. The van der Waals surface area contributed by atoms with Gasteiger partial charge in [-0.25, -0.2) is 4.57 Å². The Balaban J connectivity index is 5.48. The number of likely N-dealkylation sites (N-methyl/N-ethyl adjacent to an activating group) is 1. The van der Waals surface area contributed by atoms with Crippen LogP contribution in [0, 0.1) is 0 Å². The summed E-state index contributed by atoms with van der Waals surface area (Å²) in [4.78, 5) is 37.5. The van der Waals surface area contributed by atoms with E-state index in [2.05, 4.69) is 111 Å². The Kier molecular flexibility index (Phi) is 46.9. The fourth-order valence-electron chi connectivity index (χ4n) is 7.24. The molecule has 0 aliphatic heterocycles. The van der Waals surface area contributed by atoms with Gasteiger partial charge in [0.25, 0.3) is 0 Å². The monoisotopic (exact) mass is 996 g/mol. The fourth-order valence-corrected chi connectivity index (χ4v) is 7.97. The molecule has 0 spiro atoms. The van der Waals surface area contributed by atoms with E-state index in [1.54, 1.807) is 0 Å². The molecule has 0 aromatic heterocycles. The van der Waals surface area contributed by atoms with E-state index in [0.717, 1.165) is 103 Å². The zero-order chi connectivity index (χ0) is 51.5. The van der Waals surface area contributed by atoms with E-state index in [-0.39, 0.29) is 25.5 Å². The molecular weight excluding hydrogens is 892 g/mol. The van der Waals surface area contributed by atoms with Crippen molar-refractivity contribution in [2.75, 3.05) is 40.9 Å². The van der Waals surface area contributed by atoms with Crippen molar-refractivity contribution in [3.05, 3.63) is 109 Å². The van der Waals surface area contributed by atoms with E-state index in [1.807, 2.05) is 45.4 Å². The summed E-state index contributed by atoms with van der Waals surface area (Å²) >= 11 is 0. The molecule has 0 fully saturated rings. The first-order chi connectivity index (χ1) is 33.9. The number of nitrogens with zero attached hydrogens (tertiary/aromatic N) is 1. The van der Waals surface area contributed by atoms with Gasteiger partial charge < -0.3 is 19.4 Å². The van der Waals surface area contributed by atoms with Gasteiger partial charge in [-0.05, 0) is 96.0 Å². The molecule has 2 N–H and O–H groups in total. The normalized spacial score (nSPS) is 14.7. The predicted molar refractivity (Wildman–Crippen MR) is 300 cm³/mol. The summed E-state index contributed by atoms with van der Waals surface area (Å²) in [6, 6.07) is -0.888. The van der Waals surface area contributed by atoms with Crippen molar-refractivity contribution in [2.45, 2.75) is 219 Å². The number of quaternary nitrogens is 1. The van der Waals surface area contributed by atoms with Crippen LogP contribution in [-0.4, -0.2) is 74.3 Å². The Hall–Kier alpha value is -3.33. The third kappa shape index (κ3) is 49.6. The van der Waals surface area contributed by atoms with Gasteiger partial charge in [-0.2, -0.15) is 0 Å². The third-order valence-electron chi connectivity index (χ3n) is 11.5. The lowest BCUT2D eigenvalue weighted by Crippen LogP contribution is -2.47. The van der Waals surface area contributed by atoms with Crippen LogP contribution in [0.2, 0.25) is 0 Å². The summed E-state index contributed by atoms with van der Waals surface area (Å²) in [6.07, 6.45) is 66.7. The molecule has 70 heavy (non-hydrogen) atoms.